The molecule has 0 aliphatic heterocycles. The molecule has 1 rings (SSSR count). The smallest absolute Gasteiger partial charge is 0 e. The summed E-state index contributed by atoms with van der Waals surface area (Å²) < 4.78 is 0. The zero-order valence-electron chi connectivity index (χ0n) is 9.23. The molecular weight excluding hydrogens is 419 g/mol. The Bertz CT molecular complexity index is 127. The predicted molar refractivity (Wildman–Crippen MR) is 71.6 cm³/mol. The molecule has 0 amide bonds. The maximum absolute atomic E-state index is 3.71. The van der Waals surface area contributed by atoms with Gasteiger partial charge in [-0.1, -0.05) is 13.8 Å². The van der Waals surface area contributed by atoms with E-state index >= 15 is 0 Å². The first-order valence-corrected chi connectivity index (χ1v) is 4.08. The normalized spacial score (nSPS) is 9.87. The summed E-state index contributed by atoms with van der Waals surface area (Å²) in [6.07, 6.45) is 10.0. The van der Waals surface area contributed by atoms with Crippen LogP contribution >= 0.6 is 37.2 Å². The van der Waals surface area contributed by atoms with Gasteiger partial charge in [0.25, 0.3) is 0 Å². The third-order valence-corrected chi connectivity index (χ3v) is 1.48. The Kier molecular flexibility index (Phi) is 48.6. The van der Waals surface area contributed by atoms with E-state index in [1.165, 1.54) is 0 Å². The first kappa shape index (κ1) is 29.8. The Morgan fingerprint density at radius 2 is 1.67 bits per heavy atom. The van der Waals surface area contributed by atoms with Gasteiger partial charge in [-0.3, -0.25) is 13.1 Å². The Labute approximate surface area is 132 Å². The first-order chi connectivity index (χ1) is 5.31. The van der Waals surface area contributed by atoms with Gasteiger partial charge in [-0.15, -0.1) is 43.6 Å². The van der Waals surface area contributed by atoms with Crippen molar-refractivity contribution in [3.05, 3.63) is 31.4 Å². The van der Waals surface area contributed by atoms with Crippen molar-refractivity contribution in [1.82, 2.24) is 4.90 Å². The van der Waals surface area contributed by atoms with Crippen LogP contribution in [-0.4, -0.2) is 18.0 Å². The number of hydrogen-bond acceptors (Lipinski definition) is 1. The number of halogens is 3. The summed E-state index contributed by atoms with van der Waals surface area (Å²) >= 11 is 0. The molecule has 5 heteroatoms. The van der Waals surface area contributed by atoms with E-state index < -0.39 is 0 Å². The minimum Gasteiger partial charge on any atom is -0.460 e. The van der Waals surface area contributed by atoms with Gasteiger partial charge >= 0.3 is 0 Å². The van der Waals surface area contributed by atoms with Gasteiger partial charge in [-0.25, -0.2) is 12.2 Å². The molecule has 0 radical (unpaired) electrons. The van der Waals surface area contributed by atoms with Crippen LogP contribution in [0, 0.1) is 13.1 Å². The second-order valence-electron chi connectivity index (χ2n) is 2.31. The molecule has 0 N–H and O–H groups in total. The molecule has 0 aromatic carbocycles. The summed E-state index contributed by atoms with van der Waals surface area (Å²) in [6, 6.07) is 0. The Hall–Kier alpha value is 1.18. The average Bonchev–Trinajstić information content (AvgIpc) is 2.60. The first-order valence-electron chi connectivity index (χ1n) is 4.08. The van der Waals surface area contributed by atoms with Gasteiger partial charge in [-0.2, -0.15) is 6.08 Å². The van der Waals surface area contributed by atoms with E-state index in [-0.39, 0.29) is 63.1 Å². The molecule has 0 saturated carbocycles. The number of hydrogen-bond donors (Lipinski definition) is 0. The summed E-state index contributed by atoms with van der Waals surface area (Å²) in [5.41, 5.74) is 0. The maximum Gasteiger partial charge on any atom is 0 e. The zero-order valence-corrected chi connectivity index (χ0v) is 15.3. The quantitative estimate of drug-likeness (QED) is 0.469. The minimum absolute atomic E-state index is 0. The molecule has 0 fully saturated rings. The van der Waals surface area contributed by atoms with Crippen LogP contribution in [0.25, 0.3) is 0 Å². The number of rotatable bonds is 2. The van der Waals surface area contributed by atoms with Crippen molar-refractivity contribution in [3.8, 4) is 0 Å². The predicted octanol–water partition coefficient (Wildman–Crippen LogP) is 3.69. The molecule has 0 spiro atoms. The van der Waals surface area contributed by atoms with Gasteiger partial charge in [0, 0.05) is 25.8 Å². The number of nitrogens with zero attached hydrogens (tertiary/aromatic N) is 1. The maximum atomic E-state index is 3.71. The van der Waals surface area contributed by atoms with E-state index in [1.54, 1.807) is 0 Å². The summed E-state index contributed by atoms with van der Waals surface area (Å²) in [5, 5.41) is 0. The molecule has 1 aliphatic rings. The van der Waals surface area contributed by atoms with Crippen molar-refractivity contribution in [2.75, 3.05) is 13.1 Å². The zero-order chi connectivity index (χ0) is 8.53. The second kappa shape index (κ2) is 24.4. The summed E-state index contributed by atoms with van der Waals surface area (Å²) in [7, 11) is 3.71. The summed E-state index contributed by atoms with van der Waals surface area (Å²) in [4.78, 5) is 2.00. The van der Waals surface area contributed by atoms with Crippen LogP contribution in [0.1, 0.15) is 20.3 Å². The topological polar surface area (TPSA) is 3.24 Å². The Balaban J connectivity index is -0.0000000352. The molecule has 0 aromatic heterocycles. The van der Waals surface area contributed by atoms with E-state index in [0.717, 1.165) is 19.5 Å². The van der Waals surface area contributed by atoms with Crippen LogP contribution in [0.4, 0.5) is 0 Å². The van der Waals surface area contributed by atoms with E-state index in [1.807, 2.05) is 17.1 Å². The van der Waals surface area contributed by atoms with E-state index in [9.17, 15) is 0 Å². The van der Waals surface area contributed by atoms with Crippen molar-refractivity contribution in [2.24, 2.45) is 0 Å². The van der Waals surface area contributed by atoms with Crippen LogP contribution in [0.3, 0.4) is 0 Å². The molecule has 1 aliphatic carbocycles. The molecule has 0 unspecified atom stereocenters. The molecule has 0 atom stereocenters. The number of allylic oxidation sites excluding steroid dienone is 4. The molecule has 15 heavy (non-hydrogen) atoms. The van der Waals surface area contributed by atoms with Crippen LogP contribution < -0.4 is 0 Å². The third-order valence-electron chi connectivity index (χ3n) is 1.48. The SMILES string of the molecule is Cl.Cl.Cl.[C-]1=CC=CC1.[CH2-]N(CC)CC.[Hf]. The summed E-state index contributed by atoms with van der Waals surface area (Å²) in [6.45, 7) is 6.29. The van der Waals surface area contributed by atoms with Gasteiger partial charge in [-0.05, 0) is 13.1 Å². The van der Waals surface area contributed by atoms with Crippen molar-refractivity contribution in [1.29, 1.82) is 0 Å². The van der Waals surface area contributed by atoms with Crippen LogP contribution in [0.5, 0.6) is 0 Å². The summed E-state index contributed by atoms with van der Waals surface area (Å²) in [5.74, 6) is 0. The largest absolute Gasteiger partial charge is 0.460 e. The fraction of sp³-hybridized carbons (Fsp3) is 0.500. The molecule has 0 aromatic rings. The van der Waals surface area contributed by atoms with Gasteiger partial charge < -0.3 is 4.90 Å². The third kappa shape index (κ3) is 25.4. The fourth-order valence-corrected chi connectivity index (χ4v) is 0.564. The minimum atomic E-state index is 0. The van der Waals surface area contributed by atoms with E-state index in [4.69, 9.17) is 0 Å². The molecule has 1 nitrogen and oxygen atoms in total. The van der Waals surface area contributed by atoms with Crippen molar-refractivity contribution in [2.45, 2.75) is 20.3 Å². The second-order valence-corrected chi connectivity index (χ2v) is 2.31. The van der Waals surface area contributed by atoms with Gasteiger partial charge in [0.15, 0.2) is 0 Å². The fourth-order valence-electron chi connectivity index (χ4n) is 0.564. The standard InChI is InChI=1S/C5H12N.C5H5.3ClH.Hf/c1-4-6(3)5-2;1-2-4-5-3-1;;;;/h3-5H2,1-2H3;1-3H,4H2;3*1H;/q2*-1;;;;. The van der Waals surface area contributed by atoms with Crippen LogP contribution in [0.2, 0.25) is 0 Å². The molecule has 92 valence electrons. The Morgan fingerprint density at radius 3 is 1.73 bits per heavy atom. The van der Waals surface area contributed by atoms with Crippen molar-refractivity contribution in [3.63, 3.8) is 0 Å². The van der Waals surface area contributed by atoms with Crippen molar-refractivity contribution >= 4 is 37.2 Å². The average molecular weight is 439 g/mol. The van der Waals surface area contributed by atoms with Crippen LogP contribution in [-0.2, 0) is 25.8 Å². The Morgan fingerprint density at radius 1 is 1.20 bits per heavy atom. The monoisotopic (exact) mass is 439 g/mol. The molecule has 0 heterocycles. The van der Waals surface area contributed by atoms with Gasteiger partial charge in [0.1, 0.15) is 0 Å². The van der Waals surface area contributed by atoms with E-state index in [0.29, 0.717) is 0 Å². The van der Waals surface area contributed by atoms with Gasteiger partial charge in [0.2, 0.25) is 0 Å². The van der Waals surface area contributed by atoms with Gasteiger partial charge in [0.05, 0.1) is 0 Å². The van der Waals surface area contributed by atoms with Crippen LogP contribution in [0.15, 0.2) is 18.2 Å². The van der Waals surface area contributed by atoms with Crippen molar-refractivity contribution < 1.29 is 25.8 Å². The molecule has 0 bridgehead atoms. The molecule has 0 saturated heterocycles. The molecular formula is C10H20Cl3HfN-2. The van der Waals surface area contributed by atoms with E-state index in [2.05, 4.69) is 33.0 Å².